The highest BCUT2D eigenvalue weighted by atomic mass is 16.5. The van der Waals surface area contributed by atoms with E-state index in [4.69, 9.17) is 4.74 Å². The van der Waals surface area contributed by atoms with Gasteiger partial charge < -0.3 is 14.2 Å². The third-order valence-corrected chi connectivity index (χ3v) is 2.73. The summed E-state index contributed by atoms with van der Waals surface area (Å²) in [6.07, 6.45) is 1.86. The molecule has 90 valence electrons. The molecule has 5 heteroatoms. The molecule has 1 aliphatic heterocycles. The molecule has 1 unspecified atom stereocenters. The minimum absolute atomic E-state index is 0.273. The van der Waals surface area contributed by atoms with E-state index in [0.717, 1.165) is 5.57 Å². The monoisotopic (exact) mass is 228 g/mol. The Morgan fingerprint density at radius 2 is 1.94 bits per heavy atom. The molecule has 1 fully saturated rings. The summed E-state index contributed by atoms with van der Waals surface area (Å²) >= 11 is 0. The Hall–Kier alpha value is -1.36. The topological polar surface area (TPSA) is 61.8 Å². The normalized spacial score (nSPS) is 22.5. The minimum atomic E-state index is -0.927. The largest absolute Gasteiger partial charge is 0.468 e. The molecule has 0 aromatic heterocycles. The van der Waals surface area contributed by atoms with Gasteiger partial charge in [0.1, 0.15) is 0 Å². The first-order valence-corrected chi connectivity index (χ1v) is 5.04. The molecular formula is C11H16O5. The Labute approximate surface area is 94.4 Å². The predicted octanol–water partition coefficient (Wildman–Crippen LogP) is 0.541. The fourth-order valence-electron chi connectivity index (χ4n) is 1.80. The van der Waals surface area contributed by atoms with Crippen molar-refractivity contribution in [3.05, 3.63) is 11.6 Å². The van der Waals surface area contributed by atoms with Crippen LogP contribution in [0.2, 0.25) is 0 Å². The first kappa shape index (κ1) is 12.7. The van der Waals surface area contributed by atoms with Gasteiger partial charge in [-0.1, -0.05) is 6.08 Å². The first-order chi connectivity index (χ1) is 7.65. The molecule has 1 rings (SSSR count). The number of esters is 2. The first-order valence-electron chi connectivity index (χ1n) is 5.04. The lowest BCUT2D eigenvalue weighted by Gasteiger charge is -2.18. The zero-order valence-electron chi connectivity index (χ0n) is 9.69. The van der Waals surface area contributed by atoms with Crippen molar-refractivity contribution < 1.29 is 23.8 Å². The van der Waals surface area contributed by atoms with E-state index < -0.39 is 17.9 Å². The molecule has 0 radical (unpaired) electrons. The molecular weight excluding hydrogens is 212 g/mol. The molecule has 0 bridgehead atoms. The summed E-state index contributed by atoms with van der Waals surface area (Å²) in [6.45, 7) is 2.64. The van der Waals surface area contributed by atoms with Gasteiger partial charge in [0, 0.05) is 5.92 Å². The molecule has 1 atom stereocenters. The van der Waals surface area contributed by atoms with E-state index >= 15 is 0 Å². The van der Waals surface area contributed by atoms with Crippen molar-refractivity contribution in [3.63, 3.8) is 0 Å². The second kappa shape index (κ2) is 5.65. The molecule has 0 saturated carbocycles. The number of ether oxygens (including phenoxy) is 3. The molecule has 0 aromatic carbocycles. The average molecular weight is 228 g/mol. The van der Waals surface area contributed by atoms with Gasteiger partial charge in [0.25, 0.3) is 0 Å². The second-order valence-electron chi connectivity index (χ2n) is 3.51. The van der Waals surface area contributed by atoms with Crippen molar-refractivity contribution in [1.29, 1.82) is 0 Å². The number of carbonyl (C=O) groups is 2. The van der Waals surface area contributed by atoms with Crippen LogP contribution in [-0.2, 0) is 23.8 Å². The molecule has 5 nitrogen and oxygen atoms in total. The molecule has 0 aromatic rings. The predicted molar refractivity (Wildman–Crippen MR) is 55.6 cm³/mol. The Bertz CT molecular complexity index is 291. The van der Waals surface area contributed by atoms with Gasteiger partial charge in [-0.3, -0.25) is 9.59 Å². The third kappa shape index (κ3) is 2.41. The highest BCUT2D eigenvalue weighted by molar-refractivity contribution is 5.95. The van der Waals surface area contributed by atoms with Crippen LogP contribution in [0, 0.1) is 11.8 Å². The van der Waals surface area contributed by atoms with Crippen LogP contribution in [0.3, 0.4) is 0 Å². The minimum Gasteiger partial charge on any atom is -0.468 e. The number of allylic oxidation sites excluding steroid dienone is 1. The maximum atomic E-state index is 11.6. The molecule has 0 aliphatic carbocycles. The van der Waals surface area contributed by atoms with E-state index in [0.29, 0.717) is 13.2 Å². The van der Waals surface area contributed by atoms with Crippen molar-refractivity contribution in [2.45, 2.75) is 6.92 Å². The molecule has 16 heavy (non-hydrogen) atoms. The number of hydrogen-bond donors (Lipinski definition) is 0. The van der Waals surface area contributed by atoms with Gasteiger partial charge in [0.2, 0.25) is 0 Å². The quantitative estimate of drug-likeness (QED) is 0.401. The Kier molecular flexibility index (Phi) is 4.49. The molecule has 0 amide bonds. The van der Waals surface area contributed by atoms with E-state index in [-0.39, 0.29) is 5.92 Å². The summed E-state index contributed by atoms with van der Waals surface area (Å²) in [5.74, 6) is -2.36. The van der Waals surface area contributed by atoms with Crippen LogP contribution in [-0.4, -0.2) is 39.4 Å². The highest BCUT2D eigenvalue weighted by Crippen LogP contribution is 2.29. The third-order valence-electron chi connectivity index (χ3n) is 2.73. The van der Waals surface area contributed by atoms with Gasteiger partial charge in [-0.15, -0.1) is 0 Å². The smallest absolute Gasteiger partial charge is 0.320 e. The summed E-state index contributed by atoms with van der Waals surface area (Å²) in [5, 5.41) is 0. The fraction of sp³-hybridized carbons (Fsp3) is 0.636. The van der Waals surface area contributed by atoms with Crippen molar-refractivity contribution >= 4 is 11.9 Å². The van der Waals surface area contributed by atoms with E-state index in [2.05, 4.69) is 9.47 Å². The lowest BCUT2D eigenvalue weighted by Crippen LogP contribution is -2.34. The van der Waals surface area contributed by atoms with Crippen molar-refractivity contribution in [2.75, 3.05) is 27.4 Å². The van der Waals surface area contributed by atoms with Gasteiger partial charge in [-0.25, -0.2) is 0 Å². The molecule has 1 aliphatic rings. The summed E-state index contributed by atoms with van der Waals surface area (Å²) in [7, 11) is 2.51. The number of carbonyl (C=O) groups excluding carboxylic acids is 2. The summed E-state index contributed by atoms with van der Waals surface area (Å²) in [5.41, 5.74) is 0.931. The fourth-order valence-corrected chi connectivity index (χ4v) is 1.80. The second-order valence-corrected chi connectivity index (χ2v) is 3.51. The molecule has 1 saturated heterocycles. The maximum Gasteiger partial charge on any atom is 0.320 e. The van der Waals surface area contributed by atoms with Crippen molar-refractivity contribution in [1.82, 2.24) is 0 Å². The standard InChI is InChI=1S/C11H16O5/c1-4-7-5-16-6-8(7)9(10(12)14-2)11(13)15-3/h4,8-9H,5-6H2,1-3H3/b7-4+. The van der Waals surface area contributed by atoms with Gasteiger partial charge >= 0.3 is 11.9 Å². The lowest BCUT2D eigenvalue weighted by atomic mass is 9.88. The van der Waals surface area contributed by atoms with Gasteiger partial charge in [-0.2, -0.15) is 0 Å². The van der Waals surface area contributed by atoms with Gasteiger partial charge in [-0.05, 0) is 12.5 Å². The SMILES string of the molecule is C/C=C1\COCC1C(C(=O)OC)C(=O)OC. The lowest BCUT2D eigenvalue weighted by molar-refractivity contribution is -0.161. The van der Waals surface area contributed by atoms with Crippen molar-refractivity contribution in [3.8, 4) is 0 Å². The number of rotatable bonds is 3. The Balaban J connectivity index is 2.92. The van der Waals surface area contributed by atoms with Crippen LogP contribution in [0.15, 0.2) is 11.6 Å². The number of hydrogen-bond acceptors (Lipinski definition) is 5. The summed E-state index contributed by atoms with van der Waals surface area (Å²) < 4.78 is 14.5. The summed E-state index contributed by atoms with van der Waals surface area (Å²) in [6, 6.07) is 0. The van der Waals surface area contributed by atoms with E-state index in [1.807, 2.05) is 13.0 Å². The van der Waals surface area contributed by atoms with Crippen LogP contribution < -0.4 is 0 Å². The van der Waals surface area contributed by atoms with E-state index in [9.17, 15) is 9.59 Å². The van der Waals surface area contributed by atoms with Crippen LogP contribution in [0.1, 0.15) is 6.92 Å². The van der Waals surface area contributed by atoms with Crippen LogP contribution >= 0.6 is 0 Å². The zero-order chi connectivity index (χ0) is 12.1. The highest BCUT2D eigenvalue weighted by Gasteiger charge is 2.41. The van der Waals surface area contributed by atoms with E-state index in [1.165, 1.54) is 14.2 Å². The molecule has 0 spiro atoms. The molecule has 1 heterocycles. The van der Waals surface area contributed by atoms with Gasteiger partial charge in [0.15, 0.2) is 5.92 Å². The zero-order valence-corrected chi connectivity index (χ0v) is 9.69. The Morgan fingerprint density at radius 1 is 1.38 bits per heavy atom. The van der Waals surface area contributed by atoms with Gasteiger partial charge in [0.05, 0.1) is 27.4 Å². The Morgan fingerprint density at radius 3 is 2.38 bits per heavy atom. The van der Waals surface area contributed by atoms with E-state index in [1.54, 1.807) is 0 Å². The number of methoxy groups -OCH3 is 2. The average Bonchev–Trinajstić information content (AvgIpc) is 2.76. The maximum absolute atomic E-state index is 11.6. The molecule has 0 N–H and O–H groups in total. The van der Waals surface area contributed by atoms with Crippen LogP contribution in [0.4, 0.5) is 0 Å². The van der Waals surface area contributed by atoms with Crippen LogP contribution in [0.5, 0.6) is 0 Å². The van der Waals surface area contributed by atoms with Crippen LogP contribution in [0.25, 0.3) is 0 Å². The summed E-state index contributed by atoms with van der Waals surface area (Å²) in [4.78, 5) is 23.1. The van der Waals surface area contributed by atoms with Crippen molar-refractivity contribution in [2.24, 2.45) is 11.8 Å².